The Morgan fingerprint density at radius 3 is 2.51 bits per heavy atom. The second kappa shape index (κ2) is 16.2. The summed E-state index contributed by atoms with van der Waals surface area (Å²) < 4.78 is 37.4. The molecule has 0 aliphatic rings. The van der Waals surface area contributed by atoms with Crippen LogP contribution in [0.15, 0.2) is 54.6 Å². The maximum absolute atomic E-state index is 13.6. The SMILES string of the molecule is C/C=C/COC(=O)NC(CC=O)C(=O)N(CCc1cccc(OC)c1)CC(O)C(N)Cc1cc(F)cc(F)c1. The van der Waals surface area contributed by atoms with E-state index in [0.717, 1.165) is 23.8 Å². The van der Waals surface area contributed by atoms with Crippen molar-refractivity contribution in [3.8, 4) is 5.75 Å². The van der Waals surface area contributed by atoms with Gasteiger partial charge in [-0.05, 0) is 55.2 Å². The number of rotatable bonds is 15. The lowest BCUT2D eigenvalue weighted by molar-refractivity contribution is -0.136. The van der Waals surface area contributed by atoms with Crippen LogP contribution in [0.1, 0.15) is 24.5 Å². The molecule has 0 aromatic heterocycles. The molecule has 0 aliphatic carbocycles. The average Bonchev–Trinajstić information content (AvgIpc) is 2.89. The van der Waals surface area contributed by atoms with Gasteiger partial charge in [-0.15, -0.1) is 0 Å². The molecule has 0 spiro atoms. The number of nitrogens with one attached hydrogen (secondary N) is 1. The lowest BCUT2D eigenvalue weighted by Gasteiger charge is -2.31. The first-order chi connectivity index (χ1) is 18.7. The van der Waals surface area contributed by atoms with E-state index in [1.807, 2.05) is 6.07 Å². The molecule has 212 valence electrons. The molecule has 2 aromatic rings. The highest BCUT2D eigenvalue weighted by atomic mass is 19.1. The Balaban J connectivity index is 2.20. The highest BCUT2D eigenvalue weighted by Gasteiger charge is 2.29. The molecule has 0 saturated heterocycles. The van der Waals surface area contributed by atoms with Crippen molar-refractivity contribution in [3.63, 3.8) is 0 Å². The molecule has 4 N–H and O–H groups in total. The lowest BCUT2D eigenvalue weighted by Crippen LogP contribution is -2.53. The molecule has 0 bridgehead atoms. The molecule has 11 heteroatoms. The van der Waals surface area contributed by atoms with Crippen LogP contribution in [0.2, 0.25) is 0 Å². The third-order valence-electron chi connectivity index (χ3n) is 5.88. The molecule has 9 nitrogen and oxygen atoms in total. The van der Waals surface area contributed by atoms with Crippen molar-refractivity contribution < 1.29 is 37.7 Å². The molecule has 2 aromatic carbocycles. The second-order valence-corrected chi connectivity index (χ2v) is 8.87. The van der Waals surface area contributed by atoms with Crippen LogP contribution < -0.4 is 15.8 Å². The van der Waals surface area contributed by atoms with Gasteiger partial charge in [0.05, 0.1) is 13.2 Å². The number of alkyl carbamates (subject to hydrolysis) is 1. The predicted molar refractivity (Wildman–Crippen MR) is 141 cm³/mol. The van der Waals surface area contributed by atoms with E-state index in [9.17, 15) is 28.3 Å². The highest BCUT2D eigenvalue weighted by molar-refractivity contribution is 5.87. The van der Waals surface area contributed by atoms with Gasteiger partial charge in [0.25, 0.3) is 0 Å². The molecule has 2 amide bonds. The normalized spacial score (nSPS) is 13.4. The number of amides is 2. The maximum atomic E-state index is 13.6. The van der Waals surface area contributed by atoms with Crippen LogP contribution >= 0.6 is 0 Å². The minimum atomic E-state index is -1.29. The fourth-order valence-electron chi connectivity index (χ4n) is 3.82. The van der Waals surface area contributed by atoms with Crippen molar-refractivity contribution in [2.45, 2.75) is 44.4 Å². The summed E-state index contributed by atoms with van der Waals surface area (Å²) in [4.78, 5) is 38.2. The number of nitrogens with zero attached hydrogens (tertiary/aromatic N) is 1. The summed E-state index contributed by atoms with van der Waals surface area (Å²) in [5.74, 6) is -1.55. The Kier molecular flexibility index (Phi) is 13.0. The number of methoxy groups -OCH3 is 1. The number of hydrogen-bond acceptors (Lipinski definition) is 7. The molecule has 0 saturated carbocycles. The zero-order valence-electron chi connectivity index (χ0n) is 22.0. The Morgan fingerprint density at radius 2 is 1.87 bits per heavy atom. The summed E-state index contributed by atoms with van der Waals surface area (Å²) in [6.45, 7) is 1.58. The third-order valence-corrected chi connectivity index (χ3v) is 5.88. The topological polar surface area (TPSA) is 131 Å². The van der Waals surface area contributed by atoms with Crippen LogP contribution in [-0.2, 0) is 27.2 Å². The van der Waals surface area contributed by atoms with E-state index >= 15 is 0 Å². The minimum Gasteiger partial charge on any atom is -0.497 e. The molecule has 3 atom stereocenters. The number of aliphatic hydroxyl groups excluding tert-OH is 1. The van der Waals surface area contributed by atoms with Gasteiger partial charge in [0.15, 0.2) is 0 Å². The summed E-state index contributed by atoms with van der Waals surface area (Å²) in [5, 5.41) is 13.2. The minimum absolute atomic E-state index is 0.0157. The summed E-state index contributed by atoms with van der Waals surface area (Å²) in [5.41, 5.74) is 7.21. The number of allylic oxidation sites excluding steroid dienone is 1. The summed E-state index contributed by atoms with van der Waals surface area (Å²) in [7, 11) is 1.53. The number of nitrogens with two attached hydrogens (primary N) is 1. The number of carbonyl (C=O) groups is 3. The van der Waals surface area contributed by atoms with Crippen molar-refractivity contribution in [1.29, 1.82) is 0 Å². The second-order valence-electron chi connectivity index (χ2n) is 8.87. The summed E-state index contributed by atoms with van der Waals surface area (Å²) in [6.07, 6.45) is 1.59. The van der Waals surface area contributed by atoms with Crippen LogP contribution in [0, 0.1) is 11.6 Å². The lowest BCUT2D eigenvalue weighted by atomic mass is 10.0. The Labute approximate surface area is 226 Å². The van der Waals surface area contributed by atoms with Gasteiger partial charge in [0.2, 0.25) is 5.91 Å². The Hall–Kier alpha value is -3.83. The van der Waals surface area contributed by atoms with E-state index in [1.54, 1.807) is 37.3 Å². The van der Waals surface area contributed by atoms with Gasteiger partial charge >= 0.3 is 6.09 Å². The van der Waals surface area contributed by atoms with Crippen molar-refractivity contribution in [3.05, 3.63) is 77.4 Å². The largest absolute Gasteiger partial charge is 0.497 e. The van der Waals surface area contributed by atoms with Crippen LogP contribution in [0.25, 0.3) is 0 Å². The van der Waals surface area contributed by atoms with Gasteiger partial charge in [-0.1, -0.05) is 24.3 Å². The van der Waals surface area contributed by atoms with Crippen LogP contribution in [0.5, 0.6) is 5.75 Å². The van der Waals surface area contributed by atoms with E-state index < -0.39 is 41.8 Å². The average molecular weight is 548 g/mol. The monoisotopic (exact) mass is 547 g/mol. The number of benzene rings is 2. The third kappa shape index (κ3) is 10.8. The number of carbonyl (C=O) groups excluding carboxylic acids is 3. The van der Waals surface area contributed by atoms with Crippen molar-refractivity contribution in [2.24, 2.45) is 5.73 Å². The molecular weight excluding hydrogens is 512 g/mol. The first-order valence-corrected chi connectivity index (χ1v) is 12.4. The zero-order chi connectivity index (χ0) is 28.8. The molecule has 0 fully saturated rings. The fraction of sp³-hybridized carbons (Fsp3) is 0.393. The van der Waals surface area contributed by atoms with Crippen LogP contribution in [0.3, 0.4) is 0 Å². The molecule has 39 heavy (non-hydrogen) atoms. The van der Waals surface area contributed by atoms with Crippen LogP contribution in [0.4, 0.5) is 13.6 Å². The molecule has 0 aliphatic heterocycles. The Bertz CT molecular complexity index is 1110. The first kappa shape index (κ1) is 31.4. The maximum Gasteiger partial charge on any atom is 0.408 e. The van der Waals surface area contributed by atoms with Crippen molar-refractivity contribution >= 4 is 18.3 Å². The Morgan fingerprint density at radius 1 is 1.15 bits per heavy atom. The standard InChI is InChI=1S/C28H35F2N3O6/c1-3-4-12-39-28(37)32-25(9-11-34)27(36)33(10-8-19-6-5-7-23(15-19)38-2)18-26(35)24(31)16-20-13-21(29)17-22(30)14-20/h3-7,11,13-15,17,24-26,35H,8-10,12,16,18,31H2,1-2H3,(H,32,37)/b4-3+. The molecular formula is C28H35F2N3O6. The van der Waals surface area contributed by atoms with Gasteiger partial charge in [-0.25, -0.2) is 13.6 Å². The van der Waals surface area contributed by atoms with E-state index in [0.29, 0.717) is 18.5 Å². The van der Waals surface area contributed by atoms with E-state index in [2.05, 4.69) is 5.32 Å². The molecule has 2 rings (SSSR count). The van der Waals surface area contributed by atoms with Gasteiger partial charge in [-0.3, -0.25) is 4.79 Å². The smallest absolute Gasteiger partial charge is 0.408 e. The van der Waals surface area contributed by atoms with E-state index in [-0.39, 0.29) is 38.1 Å². The van der Waals surface area contributed by atoms with Gasteiger partial charge in [0, 0.05) is 31.6 Å². The van der Waals surface area contributed by atoms with Crippen LogP contribution in [-0.4, -0.2) is 73.3 Å². The predicted octanol–water partition coefficient (Wildman–Crippen LogP) is 2.54. The molecule has 0 heterocycles. The number of aldehydes is 1. The quantitative estimate of drug-likeness (QED) is 0.231. The number of ether oxygens (including phenoxy) is 2. The first-order valence-electron chi connectivity index (χ1n) is 12.4. The summed E-state index contributed by atoms with van der Waals surface area (Å²) in [6, 6.07) is 7.95. The fourth-order valence-corrected chi connectivity index (χ4v) is 3.82. The van der Waals surface area contributed by atoms with Gasteiger partial charge in [-0.2, -0.15) is 0 Å². The molecule has 0 radical (unpaired) electrons. The highest BCUT2D eigenvalue weighted by Crippen LogP contribution is 2.15. The van der Waals surface area contributed by atoms with Crippen molar-refractivity contribution in [1.82, 2.24) is 10.2 Å². The van der Waals surface area contributed by atoms with E-state index in [1.165, 1.54) is 12.0 Å². The van der Waals surface area contributed by atoms with Gasteiger partial charge in [0.1, 0.15) is 36.3 Å². The number of hydrogen-bond donors (Lipinski definition) is 3. The zero-order valence-corrected chi connectivity index (χ0v) is 22.0. The van der Waals surface area contributed by atoms with E-state index in [4.69, 9.17) is 15.2 Å². The summed E-state index contributed by atoms with van der Waals surface area (Å²) >= 11 is 0. The van der Waals surface area contributed by atoms with Gasteiger partial charge < -0.3 is 35.3 Å². The van der Waals surface area contributed by atoms with Crippen molar-refractivity contribution in [2.75, 3.05) is 26.8 Å². The number of halogens is 2. The number of aliphatic hydroxyl groups is 1. The molecule has 3 unspecified atom stereocenters.